The molecular formula is C13H11Cl2NO4. The molecule has 0 fully saturated rings. The van der Waals surface area contributed by atoms with E-state index in [9.17, 15) is 14.7 Å². The molecule has 0 radical (unpaired) electrons. The molecule has 0 aliphatic carbocycles. The smallest absolute Gasteiger partial charge is 0.337 e. The topological polar surface area (TPSA) is 87.0 Å². The average Bonchev–Trinajstić information content (AvgIpc) is 2.31. The Morgan fingerprint density at radius 2 is 1.80 bits per heavy atom. The molecular weight excluding hydrogens is 305 g/mol. The van der Waals surface area contributed by atoms with Crippen molar-refractivity contribution in [2.24, 2.45) is 4.99 Å². The minimum Gasteiger partial charge on any atom is -0.512 e. The van der Waals surface area contributed by atoms with E-state index in [1.54, 1.807) is 0 Å². The van der Waals surface area contributed by atoms with Crippen molar-refractivity contribution in [3.63, 3.8) is 0 Å². The van der Waals surface area contributed by atoms with Crippen LogP contribution in [0.25, 0.3) is 0 Å². The van der Waals surface area contributed by atoms with E-state index in [1.807, 2.05) is 0 Å². The van der Waals surface area contributed by atoms with Crippen LogP contribution in [0.4, 0.5) is 5.69 Å². The normalized spacial score (nSPS) is 12.4. The highest BCUT2D eigenvalue weighted by molar-refractivity contribution is 6.38. The maximum atomic E-state index is 11.3. The van der Waals surface area contributed by atoms with Crippen LogP contribution in [0.5, 0.6) is 0 Å². The van der Waals surface area contributed by atoms with Crippen LogP contribution in [-0.2, 0) is 4.79 Å². The molecule has 0 spiro atoms. The lowest BCUT2D eigenvalue weighted by Crippen LogP contribution is -2.01. The van der Waals surface area contributed by atoms with Crippen molar-refractivity contribution in [1.82, 2.24) is 0 Å². The Kier molecular flexibility index (Phi) is 5.30. The first-order chi connectivity index (χ1) is 9.23. The van der Waals surface area contributed by atoms with Crippen LogP contribution in [0.1, 0.15) is 24.2 Å². The van der Waals surface area contributed by atoms with E-state index >= 15 is 0 Å². The van der Waals surface area contributed by atoms with Gasteiger partial charge in [0.15, 0.2) is 5.78 Å². The molecule has 0 atom stereocenters. The predicted molar refractivity (Wildman–Crippen MR) is 77.6 cm³/mol. The molecule has 0 heterocycles. The summed E-state index contributed by atoms with van der Waals surface area (Å²) in [5, 5.41) is 18.4. The fourth-order valence-corrected chi connectivity index (χ4v) is 1.85. The molecule has 0 bridgehead atoms. The fourth-order valence-electron chi connectivity index (χ4n) is 1.40. The van der Waals surface area contributed by atoms with Crippen LogP contribution in [0.15, 0.2) is 28.5 Å². The van der Waals surface area contributed by atoms with Crippen molar-refractivity contribution in [3.8, 4) is 0 Å². The van der Waals surface area contributed by atoms with Crippen molar-refractivity contribution in [1.29, 1.82) is 0 Å². The van der Waals surface area contributed by atoms with Gasteiger partial charge in [0.1, 0.15) is 5.76 Å². The number of Topliss-reactive ketones (excluding diaryl/α,β-unsaturated/α-hetero) is 1. The maximum absolute atomic E-state index is 11.3. The van der Waals surface area contributed by atoms with Gasteiger partial charge in [0, 0.05) is 11.2 Å². The number of aromatic carboxylic acids is 1. The summed E-state index contributed by atoms with van der Waals surface area (Å²) in [5.41, 5.74) is -0.102. The molecule has 0 unspecified atom stereocenters. The van der Waals surface area contributed by atoms with Gasteiger partial charge in [-0.15, -0.1) is 0 Å². The van der Waals surface area contributed by atoms with E-state index in [2.05, 4.69) is 4.99 Å². The molecule has 1 rings (SSSR count). The lowest BCUT2D eigenvalue weighted by atomic mass is 10.1. The Morgan fingerprint density at radius 1 is 1.20 bits per heavy atom. The molecule has 20 heavy (non-hydrogen) atoms. The number of halogens is 2. The minimum absolute atomic E-state index is 0.00193. The van der Waals surface area contributed by atoms with Gasteiger partial charge in [0.05, 0.1) is 21.8 Å². The van der Waals surface area contributed by atoms with Crippen LogP contribution in [0.2, 0.25) is 10.0 Å². The number of carbonyl (C=O) groups excluding carboxylic acids is 1. The molecule has 0 saturated heterocycles. The second kappa shape index (κ2) is 6.54. The summed E-state index contributed by atoms with van der Waals surface area (Å²) in [6, 6.07) is 2.56. The first-order valence-electron chi connectivity index (χ1n) is 5.41. The molecule has 1 aromatic carbocycles. The van der Waals surface area contributed by atoms with E-state index < -0.39 is 5.97 Å². The second-order valence-electron chi connectivity index (χ2n) is 3.91. The van der Waals surface area contributed by atoms with Gasteiger partial charge < -0.3 is 10.2 Å². The maximum Gasteiger partial charge on any atom is 0.337 e. The van der Waals surface area contributed by atoms with Crippen LogP contribution in [0, 0.1) is 0 Å². The molecule has 106 valence electrons. The summed E-state index contributed by atoms with van der Waals surface area (Å²) < 4.78 is 0. The second-order valence-corrected chi connectivity index (χ2v) is 4.72. The number of aliphatic hydroxyl groups excluding tert-OH is 1. The molecule has 0 aromatic heterocycles. The van der Waals surface area contributed by atoms with Crippen molar-refractivity contribution in [2.75, 3.05) is 0 Å². The largest absolute Gasteiger partial charge is 0.512 e. The Labute approximate surface area is 125 Å². The number of hydrogen-bond acceptors (Lipinski definition) is 4. The third-order valence-corrected chi connectivity index (χ3v) is 2.97. The van der Waals surface area contributed by atoms with Crippen LogP contribution >= 0.6 is 23.2 Å². The number of rotatable bonds is 4. The number of carbonyl (C=O) groups is 2. The summed E-state index contributed by atoms with van der Waals surface area (Å²) in [4.78, 5) is 26.2. The van der Waals surface area contributed by atoms with Gasteiger partial charge in [-0.1, -0.05) is 23.2 Å². The first kappa shape index (κ1) is 16.2. The number of carboxylic acids is 1. The molecule has 2 N–H and O–H groups in total. The van der Waals surface area contributed by atoms with Crippen molar-refractivity contribution < 1.29 is 19.8 Å². The van der Waals surface area contributed by atoms with Gasteiger partial charge in [-0.2, -0.15) is 0 Å². The monoisotopic (exact) mass is 315 g/mol. The molecule has 1 aromatic rings. The fraction of sp³-hybridized carbons (Fsp3) is 0.154. The highest BCUT2D eigenvalue weighted by Gasteiger charge is 2.14. The van der Waals surface area contributed by atoms with Gasteiger partial charge in [-0.3, -0.25) is 9.79 Å². The van der Waals surface area contributed by atoms with Gasteiger partial charge in [-0.25, -0.2) is 4.79 Å². The summed E-state index contributed by atoms with van der Waals surface area (Å²) in [5.74, 6) is -1.82. The molecule has 0 aliphatic heterocycles. The number of aliphatic hydroxyl groups is 1. The Hall–Kier alpha value is -1.85. The summed E-state index contributed by atoms with van der Waals surface area (Å²) in [6.45, 7) is 2.61. The van der Waals surface area contributed by atoms with Crippen molar-refractivity contribution in [2.45, 2.75) is 13.8 Å². The standard InChI is InChI=1S/C13H11Cl2NO4/c1-6(17)10(7(2)18)5-16-11-4-8(14)3-9(12(11)15)13(19)20/h3-5,17H,1-2H3,(H,19,20)/b10-6-,16-5?. The highest BCUT2D eigenvalue weighted by Crippen LogP contribution is 2.32. The van der Waals surface area contributed by atoms with E-state index in [-0.39, 0.29) is 38.4 Å². The highest BCUT2D eigenvalue weighted by atomic mass is 35.5. The van der Waals surface area contributed by atoms with E-state index in [4.69, 9.17) is 28.3 Å². The van der Waals surface area contributed by atoms with Crippen LogP contribution in [-0.4, -0.2) is 28.2 Å². The predicted octanol–water partition coefficient (Wildman–Crippen LogP) is 3.81. The Balaban J connectivity index is 3.32. The lowest BCUT2D eigenvalue weighted by molar-refractivity contribution is -0.113. The number of hydrogen-bond donors (Lipinski definition) is 2. The molecule has 5 nitrogen and oxygen atoms in total. The van der Waals surface area contributed by atoms with Gasteiger partial charge >= 0.3 is 5.97 Å². The zero-order chi connectivity index (χ0) is 15.4. The van der Waals surface area contributed by atoms with E-state index in [0.29, 0.717) is 0 Å². The van der Waals surface area contributed by atoms with Gasteiger partial charge in [0.25, 0.3) is 0 Å². The van der Waals surface area contributed by atoms with Gasteiger partial charge in [0.2, 0.25) is 0 Å². The zero-order valence-electron chi connectivity index (χ0n) is 10.6. The number of aliphatic imine (C=N–C) groups is 1. The SMILES string of the molecule is CC(=O)/C(C=Nc1cc(Cl)cc(C(=O)O)c1Cl)=C(/C)O. The van der Waals surface area contributed by atoms with E-state index in [0.717, 1.165) is 6.21 Å². The first-order valence-corrected chi connectivity index (χ1v) is 6.16. The zero-order valence-corrected chi connectivity index (χ0v) is 12.2. The third-order valence-electron chi connectivity index (χ3n) is 2.35. The quantitative estimate of drug-likeness (QED) is 0.502. The number of ketones is 1. The van der Waals surface area contributed by atoms with Gasteiger partial charge in [-0.05, 0) is 26.0 Å². The lowest BCUT2D eigenvalue weighted by Gasteiger charge is -2.04. The molecule has 0 aliphatic rings. The summed E-state index contributed by atoms with van der Waals surface area (Å²) in [6.07, 6.45) is 1.11. The number of allylic oxidation sites excluding steroid dienone is 2. The summed E-state index contributed by atoms with van der Waals surface area (Å²) in [7, 11) is 0. The number of nitrogens with zero attached hydrogens (tertiary/aromatic N) is 1. The Bertz CT molecular complexity index is 632. The van der Waals surface area contributed by atoms with Crippen molar-refractivity contribution in [3.05, 3.63) is 39.1 Å². The van der Waals surface area contributed by atoms with Crippen LogP contribution in [0.3, 0.4) is 0 Å². The number of benzene rings is 1. The third kappa shape index (κ3) is 3.82. The minimum atomic E-state index is -1.24. The van der Waals surface area contributed by atoms with Crippen molar-refractivity contribution >= 4 is 46.9 Å². The van der Waals surface area contributed by atoms with E-state index in [1.165, 1.54) is 26.0 Å². The average molecular weight is 316 g/mol. The summed E-state index contributed by atoms with van der Waals surface area (Å²) >= 11 is 11.7. The molecule has 7 heteroatoms. The van der Waals surface area contributed by atoms with Crippen LogP contribution < -0.4 is 0 Å². The Morgan fingerprint density at radius 3 is 2.25 bits per heavy atom. The molecule has 0 saturated carbocycles. The number of carboxylic acid groups (broad SMARTS) is 1. The molecule has 0 amide bonds.